The van der Waals surface area contributed by atoms with E-state index in [0.29, 0.717) is 10.8 Å². The minimum Gasteiger partial charge on any atom is -0.392 e. The summed E-state index contributed by atoms with van der Waals surface area (Å²) in [7, 11) is 0. The summed E-state index contributed by atoms with van der Waals surface area (Å²) in [5.74, 6) is 0.542. The van der Waals surface area contributed by atoms with Gasteiger partial charge in [0.05, 0.1) is 16.4 Å². The third kappa shape index (κ3) is 2.98. The number of H-pyrrole nitrogens is 1. The van der Waals surface area contributed by atoms with E-state index < -0.39 is 5.41 Å². The summed E-state index contributed by atoms with van der Waals surface area (Å²) in [6, 6.07) is -0.237. The smallest absolute Gasteiger partial charge is 0.233 e. The van der Waals surface area contributed by atoms with Crippen molar-refractivity contribution in [3.63, 3.8) is 0 Å². The van der Waals surface area contributed by atoms with Gasteiger partial charge >= 0.3 is 0 Å². The molecule has 0 aliphatic heterocycles. The van der Waals surface area contributed by atoms with Gasteiger partial charge in [-0.2, -0.15) is 5.10 Å². The van der Waals surface area contributed by atoms with Crippen LogP contribution in [0.15, 0.2) is 6.33 Å². The maximum Gasteiger partial charge on any atom is 0.233 e. The Morgan fingerprint density at radius 2 is 2.10 bits per heavy atom. The lowest BCUT2D eigenvalue weighted by molar-refractivity contribution is -0.128. The van der Waals surface area contributed by atoms with Crippen molar-refractivity contribution in [1.82, 2.24) is 20.5 Å². The molecular formula is C13H21N5OS. The summed E-state index contributed by atoms with van der Waals surface area (Å²) < 4.78 is 0. The fourth-order valence-electron chi connectivity index (χ4n) is 2.74. The van der Waals surface area contributed by atoms with E-state index in [1.807, 2.05) is 6.92 Å². The SMILES string of the molecule is CC(NC(=O)C1(C(N)=S)CCCCCC1)c1ncn[nH]1. The van der Waals surface area contributed by atoms with Crippen LogP contribution in [0, 0.1) is 5.41 Å². The van der Waals surface area contributed by atoms with Crippen molar-refractivity contribution < 1.29 is 4.79 Å². The van der Waals surface area contributed by atoms with Crippen LogP contribution in [0.25, 0.3) is 0 Å². The second kappa shape index (κ2) is 6.30. The van der Waals surface area contributed by atoms with Crippen molar-refractivity contribution >= 4 is 23.1 Å². The Balaban J connectivity index is 2.12. The highest BCUT2D eigenvalue weighted by atomic mass is 32.1. The molecule has 20 heavy (non-hydrogen) atoms. The van der Waals surface area contributed by atoms with Crippen LogP contribution in [0.2, 0.25) is 0 Å². The predicted molar refractivity (Wildman–Crippen MR) is 79.9 cm³/mol. The van der Waals surface area contributed by atoms with Crippen LogP contribution >= 0.6 is 12.2 Å². The second-order valence-corrected chi connectivity index (χ2v) is 5.87. The topological polar surface area (TPSA) is 96.7 Å². The van der Waals surface area contributed by atoms with E-state index >= 15 is 0 Å². The van der Waals surface area contributed by atoms with E-state index in [1.54, 1.807) is 0 Å². The number of amides is 1. The average Bonchev–Trinajstić information content (AvgIpc) is 2.82. The molecule has 1 amide bonds. The quantitative estimate of drug-likeness (QED) is 0.579. The molecule has 0 aromatic carbocycles. The first-order valence-electron chi connectivity index (χ1n) is 7.02. The Hall–Kier alpha value is -1.50. The molecule has 1 heterocycles. The minimum absolute atomic E-state index is 0.0872. The molecule has 1 atom stereocenters. The van der Waals surface area contributed by atoms with Crippen LogP contribution in [0.1, 0.15) is 57.3 Å². The number of hydrogen-bond acceptors (Lipinski definition) is 4. The Kier molecular flexibility index (Phi) is 4.69. The molecule has 4 N–H and O–H groups in total. The van der Waals surface area contributed by atoms with E-state index in [-0.39, 0.29) is 11.9 Å². The van der Waals surface area contributed by atoms with Crippen molar-refractivity contribution in [3.05, 3.63) is 12.2 Å². The average molecular weight is 295 g/mol. The van der Waals surface area contributed by atoms with Crippen molar-refractivity contribution in [3.8, 4) is 0 Å². The molecule has 1 aromatic rings. The Morgan fingerprint density at radius 1 is 1.45 bits per heavy atom. The summed E-state index contributed by atoms with van der Waals surface area (Å²) in [5, 5.41) is 9.51. The minimum atomic E-state index is -0.708. The van der Waals surface area contributed by atoms with Crippen LogP contribution in [0.4, 0.5) is 0 Å². The summed E-state index contributed by atoms with van der Waals surface area (Å²) in [5.41, 5.74) is 5.19. The van der Waals surface area contributed by atoms with E-state index in [9.17, 15) is 4.79 Å². The maximum atomic E-state index is 12.7. The van der Waals surface area contributed by atoms with Crippen LogP contribution in [-0.4, -0.2) is 26.1 Å². The van der Waals surface area contributed by atoms with Crippen LogP contribution in [0.5, 0.6) is 0 Å². The molecule has 0 spiro atoms. The van der Waals surface area contributed by atoms with Crippen molar-refractivity contribution in [2.24, 2.45) is 11.1 Å². The van der Waals surface area contributed by atoms with Crippen molar-refractivity contribution in [2.75, 3.05) is 0 Å². The second-order valence-electron chi connectivity index (χ2n) is 5.43. The van der Waals surface area contributed by atoms with Gasteiger partial charge in [-0.05, 0) is 19.8 Å². The number of nitrogens with zero attached hydrogens (tertiary/aromatic N) is 2. The molecular weight excluding hydrogens is 274 g/mol. The third-order valence-corrected chi connectivity index (χ3v) is 4.45. The number of nitrogens with two attached hydrogens (primary N) is 1. The van der Waals surface area contributed by atoms with Crippen molar-refractivity contribution in [1.29, 1.82) is 0 Å². The number of aromatic nitrogens is 3. The van der Waals surface area contributed by atoms with Crippen LogP contribution < -0.4 is 11.1 Å². The highest BCUT2D eigenvalue weighted by Gasteiger charge is 2.42. The van der Waals surface area contributed by atoms with Gasteiger partial charge in [-0.3, -0.25) is 9.89 Å². The fourth-order valence-corrected chi connectivity index (χ4v) is 3.04. The first-order valence-corrected chi connectivity index (χ1v) is 7.43. The van der Waals surface area contributed by atoms with E-state index in [4.69, 9.17) is 18.0 Å². The first-order chi connectivity index (χ1) is 9.56. The van der Waals surface area contributed by atoms with E-state index in [0.717, 1.165) is 38.5 Å². The van der Waals surface area contributed by atoms with Gasteiger partial charge in [0.2, 0.25) is 5.91 Å². The highest BCUT2D eigenvalue weighted by molar-refractivity contribution is 7.80. The lowest BCUT2D eigenvalue weighted by Gasteiger charge is -2.31. The summed E-state index contributed by atoms with van der Waals surface area (Å²) in [6.07, 6.45) is 7.13. The van der Waals surface area contributed by atoms with Crippen molar-refractivity contribution in [2.45, 2.75) is 51.5 Å². The molecule has 1 saturated carbocycles. The summed E-state index contributed by atoms with van der Waals surface area (Å²) in [6.45, 7) is 1.86. The molecule has 1 aromatic heterocycles. The molecule has 0 bridgehead atoms. The van der Waals surface area contributed by atoms with E-state index in [2.05, 4.69) is 20.5 Å². The van der Waals surface area contributed by atoms with Gasteiger partial charge in [-0.15, -0.1) is 0 Å². The van der Waals surface area contributed by atoms with Gasteiger partial charge in [0.15, 0.2) is 0 Å². The van der Waals surface area contributed by atoms with Gasteiger partial charge in [-0.25, -0.2) is 4.98 Å². The number of carbonyl (C=O) groups excluding carboxylic acids is 1. The van der Waals surface area contributed by atoms with Gasteiger partial charge < -0.3 is 11.1 Å². The van der Waals surface area contributed by atoms with Gasteiger partial charge in [0.25, 0.3) is 0 Å². The molecule has 6 nitrogen and oxygen atoms in total. The molecule has 1 aliphatic carbocycles. The molecule has 1 fully saturated rings. The Bertz CT molecular complexity index is 465. The lowest BCUT2D eigenvalue weighted by Crippen LogP contribution is -2.49. The molecule has 0 radical (unpaired) electrons. The first kappa shape index (κ1) is 14.9. The number of rotatable bonds is 4. The zero-order valence-corrected chi connectivity index (χ0v) is 12.5. The number of aromatic amines is 1. The molecule has 0 saturated heterocycles. The number of thiocarbonyl (C=S) groups is 1. The van der Waals surface area contributed by atoms with Crippen LogP contribution in [-0.2, 0) is 4.79 Å². The Labute approximate surface area is 123 Å². The monoisotopic (exact) mass is 295 g/mol. The highest BCUT2D eigenvalue weighted by Crippen LogP contribution is 2.36. The largest absolute Gasteiger partial charge is 0.392 e. The number of carbonyl (C=O) groups is 1. The van der Waals surface area contributed by atoms with Gasteiger partial charge in [-0.1, -0.05) is 37.9 Å². The molecule has 1 unspecified atom stereocenters. The normalized spacial score (nSPS) is 19.9. The third-order valence-electron chi connectivity index (χ3n) is 4.05. The predicted octanol–water partition coefficient (Wildman–Crippen LogP) is 1.61. The van der Waals surface area contributed by atoms with Gasteiger partial charge in [0.1, 0.15) is 12.2 Å². The Morgan fingerprint density at radius 3 is 2.60 bits per heavy atom. The number of hydrogen-bond donors (Lipinski definition) is 3. The standard InChI is InChI=1S/C13H21N5OS/c1-9(10-15-8-16-18-10)17-12(19)13(11(14)20)6-4-2-3-5-7-13/h8-9H,2-7H2,1H3,(H2,14,20)(H,17,19)(H,15,16,18). The zero-order chi connectivity index (χ0) is 14.6. The molecule has 7 heteroatoms. The van der Waals surface area contributed by atoms with E-state index in [1.165, 1.54) is 6.33 Å². The summed E-state index contributed by atoms with van der Waals surface area (Å²) in [4.78, 5) is 17.0. The lowest BCUT2D eigenvalue weighted by atomic mass is 9.79. The fraction of sp³-hybridized carbons (Fsp3) is 0.692. The zero-order valence-electron chi connectivity index (χ0n) is 11.7. The van der Waals surface area contributed by atoms with Gasteiger partial charge in [0, 0.05) is 0 Å². The van der Waals surface area contributed by atoms with Crippen LogP contribution in [0.3, 0.4) is 0 Å². The molecule has 110 valence electrons. The maximum absolute atomic E-state index is 12.7. The summed E-state index contributed by atoms with van der Waals surface area (Å²) >= 11 is 5.20. The molecule has 1 aliphatic rings. The number of nitrogens with one attached hydrogen (secondary N) is 2. The molecule has 2 rings (SSSR count).